The maximum atomic E-state index is 15.7. The zero-order valence-corrected chi connectivity index (χ0v) is 28.1. The fraction of sp³-hybridized carbons (Fsp3) is 0.432. The number of piperidine rings is 1. The number of halogens is 1. The largest absolute Gasteiger partial charge is 0.457 e. The van der Waals surface area contributed by atoms with E-state index in [-0.39, 0.29) is 28.9 Å². The maximum absolute atomic E-state index is 15.7. The van der Waals surface area contributed by atoms with Gasteiger partial charge in [0.1, 0.15) is 46.8 Å². The summed E-state index contributed by atoms with van der Waals surface area (Å²) in [6, 6.07) is 16.4. The first-order valence-electron chi connectivity index (χ1n) is 17.1. The number of aromatic nitrogens is 4. The average Bonchev–Trinajstić information content (AvgIpc) is 3.48. The summed E-state index contributed by atoms with van der Waals surface area (Å²) in [6.07, 6.45) is 8.53. The van der Waals surface area contributed by atoms with Gasteiger partial charge in [-0.25, -0.2) is 19.0 Å². The van der Waals surface area contributed by atoms with Crippen LogP contribution in [0.25, 0.3) is 22.3 Å². The quantitative estimate of drug-likeness (QED) is 0.190. The van der Waals surface area contributed by atoms with E-state index in [1.807, 2.05) is 24.3 Å². The molecule has 4 aromatic rings. The second kappa shape index (κ2) is 13.6. The minimum atomic E-state index is -0.528. The highest BCUT2D eigenvalue weighted by atomic mass is 19.1. The molecule has 49 heavy (non-hydrogen) atoms. The van der Waals surface area contributed by atoms with Gasteiger partial charge < -0.3 is 15.4 Å². The van der Waals surface area contributed by atoms with E-state index in [1.54, 1.807) is 33.8 Å². The zero-order valence-electron chi connectivity index (χ0n) is 28.1. The second-order valence-corrected chi connectivity index (χ2v) is 13.8. The third kappa shape index (κ3) is 6.60. The van der Waals surface area contributed by atoms with Crippen LogP contribution < -0.4 is 10.5 Å². The monoisotopic (exact) mass is 663 g/mol. The highest BCUT2D eigenvalue weighted by Gasteiger charge is 2.35. The molecule has 2 aliphatic heterocycles. The topological polar surface area (TPSA) is 129 Å². The van der Waals surface area contributed by atoms with Gasteiger partial charge in [0.2, 0.25) is 0 Å². The standard InChI is InChI=1S/C37H42FN9O2/c1-37(2,46-18-16-44(17-19-46)26-8-6-9-26)21-25(22-39)36(48)45-15-7-10-27(23-45)47-35-32(34(40)41-24-42-35)33(43-47)30-14-13-29(20-31(30)38)49-28-11-4-3-5-12-28/h3-5,11-14,20-21,24,26-27H,6-10,15-19,23H2,1-2H3,(H2,40,41,42). The number of nitrogens with zero attached hydrogens (tertiary/aromatic N) is 8. The van der Waals surface area contributed by atoms with Gasteiger partial charge in [-0.15, -0.1) is 0 Å². The fourth-order valence-corrected chi connectivity index (χ4v) is 7.33. The van der Waals surface area contributed by atoms with Crippen molar-refractivity contribution >= 4 is 22.8 Å². The van der Waals surface area contributed by atoms with E-state index in [2.05, 4.69) is 39.7 Å². The van der Waals surface area contributed by atoms with Crippen molar-refractivity contribution < 1.29 is 13.9 Å². The van der Waals surface area contributed by atoms with Crippen molar-refractivity contribution in [3.8, 4) is 28.8 Å². The minimum Gasteiger partial charge on any atom is -0.457 e. The predicted octanol–water partition coefficient (Wildman–Crippen LogP) is 5.57. The van der Waals surface area contributed by atoms with Gasteiger partial charge in [0, 0.05) is 62.5 Å². The van der Waals surface area contributed by atoms with Crippen LogP contribution in [0.5, 0.6) is 11.5 Å². The molecule has 2 N–H and O–H groups in total. The number of hydrogen-bond donors (Lipinski definition) is 1. The van der Waals surface area contributed by atoms with Gasteiger partial charge >= 0.3 is 0 Å². The molecule has 0 spiro atoms. The number of rotatable bonds is 8. The highest BCUT2D eigenvalue weighted by molar-refractivity contribution is 5.99. The molecule has 1 atom stereocenters. The van der Waals surface area contributed by atoms with E-state index in [1.165, 1.54) is 31.7 Å². The number of ether oxygens (including phenoxy) is 1. The fourth-order valence-electron chi connectivity index (χ4n) is 7.33. The molecule has 3 fully saturated rings. The lowest BCUT2D eigenvalue weighted by atomic mass is 9.90. The highest BCUT2D eigenvalue weighted by Crippen LogP contribution is 2.37. The van der Waals surface area contributed by atoms with Crippen LogP contribution in [0, 0.1) is 17.1 Å². The third-order valence-electron chi connectivity index (χ3n) is 10.3. The first-order valence-corrected chi connectivity index (χ1v) is 17.1. The van der Waals surface area contributed by atoms with E-state index >= 15 is 4.39 Å². The molecule has 3 aliphatic rings. The number of nitrogen functional groups attached to an aromatic ring is 1. The molecule has 254 valence electrons. The number of amides is 1. The number of nitriles is 1. The molecule has 12 heteroatoms. The molecule has 2 aromatic heterocycles. The molecule has 1 saturated carbocycles. The van der Waals surface area contributed by atoms with Gasteiger partial charge in [-0.2, -0.15) is 10.4 Å². The van der Waals surface area contributed by atoms with E-state index in [9.17, 15) is 10.1 Å². The van der Waals surface area contributed by atoms with Crippen molar-refractivity contribution in [3.63, 3.8) is 0 Å². The number of likely N-dealkylation sites (tertiary alicyclic amines) is 1. The normalized spacial score (nSPS) is 19.8. The lowest BCUT2D eigenvalue weighted by Gasteiger charge is -2.47. The smallest absolute Gasteiger partial charge is 0.264 e. The maximum Gasteiger partial charge on any atom is 0.264 e. The summed E-state index contributed by atoms with van der Waals surface area (Å²) >= 11 is 0. The average molecular weight is 664 g/mol. The molecule has 2 saturated heterocycles. The molecule has 1 unspecified atom stereocenters. The predicted molar refractivity (Wildman–Crippen MR) is 185 cm³/mol. The van der Waals surface area contributed by atoms with Crippen LogP contribution in [-0.2, 0) is 4.79 Å². The summed E-state index contributed by atoms with van der Waals surface area (Å²) in [4.78, 5) is 29.2. The molecule has 1 amide bonds. The van der Waals surface area contributed by atoms with E-state index < -0.39 is 11.4 Å². The van der Waals surface area contributed by atoms with Crippen molar-refractivity contribution in [3.05, 3.63) is 72.3 Å². The summed E-state index contributed by atoms with van der Waals surface area (Å²) < 4.78 is 23.2. The van der Waals surface area contributed by atoms with Crippen molar-refractivity contribution in [2.24, 2.45) is 0 Å². The Kier molecular flexibility index (Phi) is 9.05. The number of piperazine rings is 1. The van der Waals surface area contributed by atoms with Crippen molar-refractivity contribution in [2.75, 3.05) is 45.0 Å². The summed E-state index contributed by atoms with van der Waals surface area (Å²) in [6.45, 7) is 8.83. The number of carbonyl (C=O) groups excluding carboxylic acids is 1. The number of para-hydroxylation sites is 1. The van der Waals surface area contributed by atoms with Gasteiger partial charge in [-0.05, 0) is 69.9 Å². The Bertz CT molecular complexity index is 1910. The number of carbonyl (C=O) groups is 1. The van der Waals surface area contributed by atoms with Crippen molar-refractivity contribution in [2.45, 2.75) is 63.6 Å². The van der Waals surface area contributed by atoms with Gasteiger partial charge in [0.05, 0.1) is 11.4 Å². The summed E-state index contributed by atoms with van der Waals surface area (Å²) in [5.74, 6) is 0.309. The summed E-state index contributed by atoms with van der Waals surface area (Å²) in [7, 11) is 0. The number of nitrogens with two attached hydrogens (primary N) is 1. The number of benzene rings is 2. The van der Waals surface area contributed by atoms with Crippen molar-refractivity contribution in [1.29, 1.82) is 5.26 Å². The molecule has 4 heterocycles. The van der Waals surface area contributed by atoms with Crippen LogP contribution in [0.3, 0.4) is 0 Å². The van der Waals surface area contributed by atoms with Crippen LogP contribution in [-0.4, -0.2) is 91.2 Å². The Morgan fingerprint density at radius 2 is 1.76 bits per heavy atom. The lowest BCUT2D eigenvalue weighted by Crippen LogP contribution is -2.57. The van der Waals surface area contributed by atoms with Crippen LogP contribution in [0.15, 0.2) is 66.5 Å². The van der Waals surface area contributed by atoms with Crippen LogP contribution in [0.1, 0.15) is 52.0 Å². The van der Waals surface area contributed by atoms with Crippen molar-refractivity contribution in [1.82, 2.24) is 34.4 Å². The SMILES string of the molecule is CC(C)(C=C(C#N)C(=O)N1CCCC(n2nc(-c3ccc(Oc4ccccc4)cc3F)c3c(N)ncnc32)C1)N1CCN(C2CCC2)CC1. The lowest BCUT2D eigenvalue weighted by molar-refractivity contribution is -0.128. The molecule has 1 aliphatic carbocycles. The third-order valence-corrected chi connectivity index (χ3v) is 10.3. The molecule has 2 aromatic carbocycles. The first kappa shape index (κ1) is 32.7. The first-order chi connectivity index (χ1) is 23.7. The number of anilines is 1. The zero-order chi connectivity index (χ0) is 34.1. The van der Waals surface area contributed by atoms with Crippen LogP contribution in [0.2, 0.25) is 0 Å². The van der Waals surface area contributed by atoms with E-state index in [4.69, 9.17) is 15.6 Å². The Hall–Kier alpha value is -4.86. The number of hydrogen-bond acceptors (Lipinski definition) is 9. The molecular formula is C37H42FN9O2. The van der Waals surface area contributed by atoms with Gasteiger partial charge in [0.15, 0.2) is 5.65 Å². The van der Waals surface area contributed by atoms with Crippen LogP contribution in [0.4, 0.5) is 10.2 Å². The van der Waals surface area contributed by atoms with E-state index in [0.29, 0.717) is 53.8 Å². The van der Waals surface area contributed by atoms with Crippen LogP contribution >= 0.6 is 0 Å². The minimum absolute atomic E-state index is 0.143. The molecule has 11 nitrogen and oxygen atoms in total. The summed E-state index contributed by atoms with van der Waals surface area (Å²) in [5.41, 5.74) is 7.05. The molecule has 0 bridgehead atoms. The molecular weight excluding hydrogens is 621 g/mol. The Morgan fingerprint density at radius 3 is 2.45 bits per heavy atom. The van der Waals surface area contributed by atoms with Gasteiger partial charge in [-0.3, -0.25) is 14.6 Å². The Balaban J connectivity index is 1.11. The molecule has 0 radical (unpaired) electrons. The summed E-state index contributed by atoms with van der Waals surface area (Å²) in [5, 5.41) is 15.5. The van der Waals surface area contributed by atoms with E-state index in [0.717, 1.165) is 32.6 Å². The van der Waals surface area contributed by atoms with Gasteiger partial charge in [-0.1, -0.05) is 24.6 Å². The van der Waals surface area contributed by atoms with Gasteiger partial charge in [0.25, 0.3) is 5.91 Å². The molecule has 7 rings (SSSR count). The number of fused-ring (bicyclic) bond motifs is 1. The Labute approximate surface area is 285 Å². The Morgan fingerprint density at radius 1 is 1.00 bits per heavy atom. The second-order valence-electron chi connectivity index (χ2n) is 13.8.